The highest BCUT2D eigenvalue weighted by Gasteiger charge is 2.39. The second kappa shape index (κ2) is 4.85. The molecule has 2 atom stereocenters. The normalized spacial score (nSPS) is 26.2. The molecule has 0 saturated carbocycles. The number of fused-ring (bicyclic) bond motifs is 1. The van der Waals surface area contributed by atoms with E-state index in [0.29, 0.717) is 6.42 Å². The Kier molecular flexibility index (Phi) is 3.37. The maximum Gasteiger partial charge on any atom is 0.152 e. The third kappa shape index (κ3) is 2.72. The van der Waals surface area contributed by atoms with E-state index in [2.05, 4.69) is 5.32 Å². The van der Waals surface area contributed by atoms with E-state index in [-0.39, 0.29) is 23.1 Å². The van der Waals surface area contributed by atoms with Gasteiger partial charge in [-0.3, -0.25) is 0 Å². The molecule has 0 spiro atoms. The van der Waals surface area contributed by atoms with Crippen LogP contribution in [0, 0.1) is 6.92 Å². The minimum atomic E-state index is -2.91. The van der Waals surface area contributed by atoms with Crippen LogP contribution in [-0.4, -0.2) is 25.5 Å². The monoisotopic (exact) mass is 307 g/mol. The summed E-state index contributed by atoms with van der Waals surface area (Å²) < 4.78 is 29.4. The van der Waals surface area contributed by atoms with Crippen molar-refractivity contribution in [1.82, 2.24) is 5.32 Å². The fourth-order valence-corrected chi connectivity index (χ4v) is 5.42. The fourth-order valence-electron chi connectivity index (χ4n) is 3.32. The molecule has 2 aromatic rings. The van der Waals surface area contributed by atoms with Gasteiger partial charge in [0.05, 0.1) is 17.5 Å². The Labute approximate surface area is 125 Å². The Balaban J connectivity index is 1.88. The summed E-state index contributed by atoms with van der Waals surface area (Å²) in [6.45, 7) is 6.06. The van der Waals surface area contributed by atoms with Gasteiger partial charge in [-0.25, -0.2) is 8.42 Å². The van der Waals surface area contributed by atoms with E-state index >= 15 is 0 Å². The van der Waals surface area contributed by atoms with Gasteiger partial charge in [-0.05, 0) is 38.8 Å². The zero-order valence-electron chi connectivity index (χ0n) is 12.6. The van der Waals surface area contributed by atoms with Crippen molar-refractivity contribution in [3.63, 3.8) is 0 Å². The number of para-hydroxylation sites is 1. The van der Waals surface area contributed by atoms with Gasteiger partial charge < -0.3 is 9.73 Å². The number of nitrogens with one attached hydrogen (secondary N) is 1. The third-order valence-electron chi connectivity index (χ3n) is 4.34. The number of aryl methyl sites for hydroxylation is 1. The fraction of sp³-hybridized carbons (Fsp3) is 0.500. The van der Waals surface area contributed by atoms with Crippen molar-refractivity contribution >= 4 is 20.8 Å². The lowest BCUT2D eigenvalue weighted by atomic mass is 9.99. The molecule has 1 aliphatic rings. The first kappa shape index (κ1) is 14.6. The maximum atomic E-state index is 11.7. The molecule has 1 N–H and O–H groups in total. The van der Waals surface area contributed by atoms with Gasteiger partial charge in [-0.15, -0.1) is 0 Å². The number of benzene rings is 1. The molecule has 1 aliphatic heterocycles. The first-order valence-electron chi connectivity index (χ1n) is 7.26. The second-order valence-corrected chi connectivity index (χ2v) is 8.54. The van der Waals surface area contributed by atoms with Crippen molar-refractivity contribution < 1.29 is 12.8 Å². The zero-order valence-corrected chi connectivity index (χ0v) is 13.5. The lowest BCUT2D eigenvalue weighted by Gasteiger charge is -2.28. The van der Waals surface area contributed by atoms with Crippen molar-refractivity contribution in [3.05, 3.63) is 35.6 Å². The lowest BCUT2D eigenvalue weighted by molar-refractivity contribution is 0.326. The average Bonchev–Trinajstić information content (AvgIpc) is 2.88. The first-order chi connectivity index (χ1) is 9.80. The number of rotatable bonds is 3. The van der Waals surface area contributed by atoms with Gasteiger partial charge in [0.1, 0.15) is 11.3 Å². The van der Waals surface area contributed by atoms with Crippen LogP contribution in [-0.2, 0) is 9.84 Å². The Morgan fingerprint density at radius 2 is 2.05 bits per heavy atom. The van der Waals surface area contributed by atoms with Crippen molar-refractivity contribution in [2.45, 2.75) is 38.8 Å². The maximum absolute atomic E-state index is 11.7. The van der Waals surface area contributed by atoms with Gasteiger partial charge in [-0.1, -0.05) is 18.2 Å². The Bertz CT molecular complexity index is 778. The van der Waals surface area contributed by atoms with E-state index in [1.54, 1.807) is 0 Å². The van der Waals surface area contributed by atoms with Crippen LogP contribution >= 0.6 is 0 Å². The summed E-state index contributed by atoms with van der Waals surface area (Å²) in [4.78, 5) is 0. The van der Waals surface area contributed by atoms with Gasteiger partial charge in [0, 0.05) is 10.9 Å². The summed E-state index contributed by atoms with van der Waals surface area (Å²) in [7, 11) is -2.91. The number of hydrogen-bond acceptors (Lipinski definition) is 4. The van der Waals surface area contributed by atoms with Crippen LogP contribution in [0.2, 0.25) is 0 Å². The number of sulfone groups is 1. The van der Waals surface area contributed by atoms with E-state index in [1.165, 1.54) is 0 Å². The van der Waals surface area contributed by atoms with Crippen molar-refractivity contribution in [2.75, 3.05) is 11.5 Å². The molecule has 3 rings (SSSR count). The smallest absolute Gasteiger partial charge is 0.152 e. The average molecular weight is 307 g/mol. The largest absolute Gasteiger partial charge is 0.459 e. The molecule has 1 aromatic heterocycles. The summed E-state index contributed by atoms with van der Waals surface area (Å²) in [6.07, 6.45) is 0.652. The predicted octanol–water partition coefficient (Wildman–Crippen LogP) is 2.97. The molecule has 2 unspecified atom stereocenters. The predicted molar refractivity (Wildman–Crippen MR) is 84.2 cm³/mol. The standard InChI is InChI=1S/C16H21NO3S/c1-11-13-6-4-5-7-14(13)20-15(11)12(2)17-16(3)8-9-21(18,19)10-16/h4-7,12,17H,8-10H2,1-3H3. The third-order valence-corrected chi connectivity index (χ3v) is 6.25. The van der Waals surface area contributed by atoms with Crippen molar-refractivity contribution in [3.8, 4) is 0 Å². The topological polar surface area (TPSA) is 59.3 Å². The first-order valence-corrected chi connectivity index (χ1v) is 9.08. The zero-order chi connectivity index (χ0) is 15.3. The molecular weight excluding hydrogens is 286 g/mol. The summed E-state index contributed by atoms with van der Waals surface area (Å²) >= 11 is 0. The van der Waals surface area contributed by atoms with E-state index in [4.69, 9.17) is 4.42 Å². The highest BCUT2D eigenvalue weighted by atomic mass is 32.2. The molecule has 1 fully saturated rings. The van der Waals surface area contributed by atoms with E-state index in [0.717, 1.165) is 22.3 Å². The highest BCUT2D eigenvalue weighted by molar-refractivity contribution is 7.91. The molecule has 5 heteroatoms. The van der Waals surface area contributed by atoms with Crippen LogP contribution in [0.15, 0.2) is 28.7 Å². The molecule has 1 saturated heterocycles. The number of hydrogen-bond donors (Lipinski definition) is 1. The van der Waals surface area contributed by atoms with Crippen LogP contribution < -0.4 is 5.32 Å². The molecule has 1 aromatic carbocycles. The van der Waals surface area contributed by atoms with Gasteiger partial charge in [0.2, 0.25) is 0 Å². The summed E-state index contributed by atoms with van der Waals surface area (Å²) in [5.74, 6) is 1.35. The van der Waals surface area contributed by atoms with Crippen LogP contribution in [0.3, 0.4) is 0 Å². The summed E-state index contributed by atoms with van der Waals surface area (Å²) in [6, 6.07) is 7.94. The Hall–Kier alpha value is -1.33. The SMILES string of the molecule is Cc1c(C(C)NC2(C)CCS(=O)(=O)C2)oc2ccccc12. The van der Waals surface area contributed by atoms with Crippen LogP contribution in [0.5, 0.6) is 0 Å². The molecular formula is C16H21NO3S. The minimum Gasteiger partial charge on any atom is -0.459 e. The van der Waals surface area contributed by atoms with Gasteiger partial charge in [0.25, 0.3) is 0 Å². The molecule has 4 nitrogen and oxygen atoms in total. The van der Waals surface area contributed by atoms with Crippen LogP contribution in [0.25, 0.3) is 11.0 Å². The van der Waals surface area contributed by atoms with E-state index in [1.807, 2.05) is 45.0 Å². The van der Waals surface area contributed by atoms with Crippen LogP contribution in [0.4, 0.5) is 0 Å². The minimum absolute atomic E-state index is 0.0179. The lowest BCUT2D eigenvalue weighted by Crippen LogP contribution is -2.44. The van der Waals surface area contributed by atoms with Crippen LogP contribution in [0.1, 0.15) is 37.6 Å². The molecule has 2 heterocycles. The molecule has 0 aliphatic carbocycles. The summed E-state index contributed by atoms with van der Waals surface area (Å²) in [5.41, 5.74) is 1.63. The van der Waals surface area contributed by atoms with Crippen molar-refractivity contribution in [1.29, 1.82) is 0 Å². The Morgan fingerprint density at radius 3 is 2.67 bits per heavy atom. The quantitative estimate of drug-likeness (QED) is 0.947. The second-order valence-electron chi connectivity index (χ2n) is 6.36. The van der Waals surface area contributed by atoms with Gasteiger partial charge >= 0.3 is 0 Å². The molecule has 0 amide bonds. The Morgan fingerprint density at radius 1 is 1.33 bits per heavy atom. The summed E-state index contributed by atoms with van der Waals surface area (Å²) in [5, 5.41) is 4.57. The molecule has 21 heavy (non-hydrogen) atoms. The van der Waals surface area contributed by atoms with Crippen molar-refractivity contribution in [2.24, 2.45) is 0 Å². The number of furan rings is 1. The van der Waals surface area contributed by atoms with E-state index in [9.17, 15) is 8.42 Å². The van der Waals surface area contributed by atoms with Gasteiger partial charge in [0.15, 0.2) is 9.84 Å². The molecule has 114 valence electrons. The molecule has 0 bridgehead atoms. The highest BCUT2D eigenvalue weighted by Crippen LogP contribution is 2.32. The van der Waals surface area contributed by atoms with Gasteiger partial charge in [-0.2, -0.15) is 0 Å². The van der Waals surface area contributed by atoms with E-state index < -0.39 is 9.84 Å². The molecule has 0 radical (unpaired) electrons.